The fraction of sp³-hybridized carbons (Fsp3) is 0.333. The number of carboxylic acid groups (broad SMARTS) is 1. The summed E-state index contributed by atoms with van der Waals surface area (Å²) in [4.78, 5) is 38.3. The maximum Gasteiger partial charge on any atom is 0.352 e. The maximum absolute atomic E-state index is 12.8. The third kappa shape index (κ3) is 6.10. The molecule has 2 aliphatic rings. The van der Waals surface area contributed by atoms with Crippen molar-refractivity contribution in [3.05, 3.63) is 47.2 Å². The summed E-state index contributed by atoms with van der Waals surface area (Å²) in [6.07, 6.45) is -1.48. The van der Waals surface area contributed by atoms with Crippen molar-refractivity contribution in [2.75, 3.05) is 11.5 Å². The van der Waals surface area contributed by atoms with E-state index in [0.717, 1.165) is 21.3 Å². The molecule has 4 rings (SSSR count). The van der Waals surface area contributed by atoms with Gasteiger partial charge in [0.15, 0.2) is 12.0 Å². The minimum atomic E-state index is -4.40. The molecule has 36 heavy (non-hydrogen) atoms. The molecule has 1 fully saturated rings. The fourth-order valence-electron chi connectivity index (χ4n) is 3.50. The molecular formula is C18H18N6NaO8S3. The summed E-state index contributed by atoms with van der Waals surface area (Å²) in [5.41, 5.74) is 0.480. The van der Waals surface area contributed by atoms with Crippen LogP contribution in [0.2, 0.25) is 0 Å². The van der Waals surface area contributed by atoms with E-state index in [0.29, 0.717) is 11.1 Å². The number of carbonyl (C=O) groups is 3. The molecule has 3 atom stereocenters. The van der Waals surface area contributed by atoms with Crippen molar-refractivity contribution in [2.24, 2.45) is 0 Å². The van der Waals surface area contributed by atoms with Gasteiger partial charge in [0.2, 0.25) is 5.16 Å². The molecule has 2 aromatic rings. The van der Waals surface area contributed by atoms with Gasteiger partial charge in [-0.25, -0.2) is 9.48 Å². The van der Waals surface area contributed by atoms with E-state index in [2.05, 4.69) is 20.8 Å². The molecule has 0 saturated carbocycles. The monoisotopic (exact) mass is 565 g/mol. The molecule has 2 aliphatic heterocycles. The summed E-state index contributed by atoms with van der Waals surface area (Å²) in [5.74, 6) is -3.39. The Morgan fingerprint density at radius 1 is 1.28 bits per heavy atom. The zero-order valence-electron chi connectivity index (χ0n) is 18.6. The van der Waals surface area contributed by atoms with Crippen LogP contribution < -0.4 is 5.32 Å². The first-order chi connectivity index (χ1) is 16.6. The van der Waals surface area contributed by atoms with Gasteiger partial charge in [-0.15, -0.1) is 16.9 Å². The Morgan fingerprint density at radius 3 is 2.61 bits per heavy atom. The number of benzene rings is 1. The van der Waals surface area contributed by atoms with E-state index >= 15 is 0 Å². The number of aliphatic hydroxyl groups is 1. The van der Waals surface area contributed by atoms with Crippen molar-refractivity contribution < 1.29 is 37.6 Å². The molecule has 0 aliphatic carbocycles. The van der Waals surface area contributed by atoms with Gasteiger partial charge in [0.1, 0.15) is 17.1 Å². The van der Waals surface area contributed by atoms with E-state index in [9.17, 15) is 33.0 Å². The van der Waals surface area contributed by atoms with Crippen LogP contribution in [-0.4, -0.2) is 119 Å². The number of carbonyl (C=O) groups excluding carboxylic acids is 2. The Labute approximate surface area is 234 Å². The molecule has 0 spiro atoms. The average Bonchev–Trinajstić information content (AvgIpc) is 3.25. The first-order valence-corrected chi connectivity index (χ1v) is 13.5. The van der Waals surface area contributed by atoms with Crippen LogP contribution in [0.5, 0.6) is 0 Å². The van der Waals surface area contributed by atoms with Gasteiger partial charge < -0.3 is 15.5 Å². The standard InChI is InChI=1S/C18H18N6O8S3.Na/c25-13(9-4-2-1-3-5-9)14(26)19-11-15(27)24-12(17(28)29)10(6-33-16(11)24)7-34-18-20-21-22-23(18)8-35(30,31)32;/h1-5,11,13,16,25H,6-8H2,(H,19,26)(H,28,29)(H,30,31,32);/t11-,13-,16-;/m1./s1. The number of aliphatic carboxylic acids is 1. The van der Waals surface area contributed by atoms with Crippen molar-refractivity contribution in [3.8, 4) is 0 Å². The number of carboxylic acids is 1. The Balaban J connectivity index is 0.00000361. The smallest absolute Gasteiger partial charge is 0.352 e. The van der Waals surface area contributed by atoms with Crippen LogP contribution in [0.3, 0.4) is 0 Å². The summed E-state index contributed by atoms with van der Waals surface area (Å²) in [7, 11) is -4.40. The number of tetrazole rings is 1. The van der Waals surface area contributed by atoms with E-state index < -0.39 is 51.3 Å². The Bertz CT molecular complexity index is 1300. The van der Waals surface area contributed by atoms with Gasteiger partial charge in [-0.1, -0.05) is 42.1 Å². The second-order valence-electron chi connectivity index (χ2n) is 7.43. The average molecular weight is 566 g/mol. The quantitative estimate of drug-likeness (QED) is 0.121. The molecule has 3 heterocycles. The number of thioether (sulfide) groups is 2. The van der Waals surface area contributed by atoms with Gasteiger partial charge in [-0.3, -0.25) is 19.0 Å². The summed E-state index contributed by atoms with van der Waals surface area (Å²) in [5, 5.41) is 32.4. The van der Waals surface area contributed by atoms with Crippen molar-refractivity contribution in [1.29, 1.82) is 0 Å². The van der Waals surface area contributed by atoms with E-state index in [1.165, 1.54) is 11.8 Å². The number of hydrogen-bond acceptors (Lipinski definition) is 11. The second kappa shape index (κ2) is 11.6. The molecule has 1 radical (unpaired) electrons. The topological polar surface area (TPSA) is 205 Å². The van der Waals surface area contributed by atoms with Crippen molar-refractivity contribution in [3.63, 3.8) is 0 Å². The number of β-lactam (4-membered cyclic amide) rings is 1. The molecule has 1 aromatic carbocycles. The van der Waals surface area contributed by atoms with Crippen LogP contribution in [0.15, 0.2) is 46.8 Å². The van der Waals surface area contributed by atoms with Gasteiger partial charge in [-0.2, -0.15) is 8.42 Å². The number of nitrogens with one attached hydrogen (secondary N) is 1. The first kappa shape index (κ1) is 28.6. The molecule has 0 unspecified atom stereocenters. The predicted octanol–water partition coefficient (Wildman–Crippen LogP) is -1.30. The van der Waals surface area contributed by atoms with Crippen LogP contribution in [0, 0.1) is 0 Å². The summed E-state index contributed by atoms with van der Waals surface area (Å²) < 4.78 is 32.0. The normalized spacial score (nSPS) is 20.2. The number of rotatable bonds is 9. The summed E-state index contributed by atoms with van der Waals surface area (Å²) in [6.45, 7) is 0. The van der Waals surface area contributed by atoms with Gasteiger partial charge >= 0.3 is 5.97 Å². The van der Waals surface area contributed by atoms with E-state index in [1.807, 2.05) is 0 Å². The van der Waals surface area contributed by atoms with Crippen LogP contribution in [0.1, 0.15) is 11.7 Å². The molecule has 2 amide bonds. The molecular weight excluding hydrogens is 547 g/mol. The Morgan fingerprint density at radius 2 is 1.97 bits per heavy atom. The van der Waals surface area contributed by atoms with Gasteiger partial charge in [0, 0.05) is 41.1 Å². The predicted molar refractivity (Wildman–Crippen MR) is 127 cm³/mol. The van der Waals surface area contributed by atoms with E-state index in [1.54, 1.807) is 30.3 Å². The third-order valence-corrected chi connectivity index (χ3v) is 8.03. The van der Waals surface area contributed by atoms with Gasteiger partial charge in [0.05, 0.1) is 0 Å². The molecule has 4 N–H and O–H groups in total. The minimum absolute atomic E-state index is 0. The number of amides is 2. The van der Waals surface area contributed by atoms with E-state index in [-0.39, 0.29) is 51.9 Å². The van der Waals surface area contributed by atoms with Crippen molar-refractivity contribution in [2.45, 2.75) is 28.6 Å². The molecule has 187 valence electrons. The van der Waals surface area contributed by atoms with Crippen molar-refractivity contribution >= 4 is 81.0 Å². The maximum atomic E-state index is 12.8. The van der Waals surface area contributed by atoms with Crippen LogP contribution in [-0.2, 0) is 30.4 Å². The number of hydrogen-bond donors (Lipinski definition) is 4. The second-order valence-corrected chi connectivity index (χ2v) is 10.9. The fourth-order valence-corrected chi connectivity index (χ4v) is 6.43. The van der Waals surface area contributed by atoms with Crippen LogP contribution in [0.4, 0.5) is 0 Å². The number of nitrogens with zero attached hydrogens (tertiary/aromatic N) is 5. The van der Waals surface area contributed by atoms with Gasteiger partial charge in [0.25, 0.3) is 21.9 Å². The number of aromatic nitrogens is 4. The zero-order chi connectivity index (χ0) is 25.3. The number of fused-ring (bicyclic) bond motifs is 1. The minimum Gasteiger partial charge on any atom is -0.477 e. The molecule has 1 saturated heterocycles. The van der Waals surface area contributed by atoms with Crippen LogP contribution >= 0.6 is 23.5 Å². The first-order valence-electron chi connectivity index (χ1n) is 9.84. The number of aliphatic hydroxyl groups excluding tert-OH is 1. The summed E-state index contributed by atoms with van der Waals surface area (Å²) >= 11 is 2.17. The Hall–Kier alpha value is -1.99. The van der Waals surface area contributed by atoms with E-state index in [4.69, 9.17) is 4.55 Å². The molecule has 0 bridgehead atoms. The molecule has 1 aromatic heterocycles. The zero-order valence-corrected chi connectivity index (χ0v) is 23.0. The Kier molecular flexibility index (Phi) is 9.20. The molecule has 18 heteroatoms. The van der Waals surface area contributed by atoms with Crippen LogP contribution in [0.25, 0.3) is 0 Å². The summed E-state index contributed by atoms with van der Waals surface area (Å²) in [6, 6.07) is 7.17. The molecule has 14 nitrogen and oxygen atoms in total. The largest absolute Gasteiger partial charge is 0.477 e. The van der Waals surface area contributed by atoms with Crippen molar-refractivity contribution in [1.82, 2.24) is 30.4 Å². The van der Waals surface area contributed by atoms with Gasteiger partial charge in [-0.05, 0) is 21.6 Å². The third-order valence-electron chi connectivity index (χ3n) is 5.07. The SMILES string of the molecule is O=C(O)C1=C(CSc2nnnn2CS(=O)(=O)O)CS[C@@H]2[C@H](NC(=O)[C@H](O)c3ccccc3)C(=O)N12.[Na].